The van der Waals surface area contributed by atoms with Crippen molar-refractivity contribution in [3.8, 4) is 27.3 Å². The van der Waals surface area contributed by atoms with Crippen LogP contribution in [0.5, 0.6) is 5.75 Å². The summed E-state index contributed by atoms with van der Waals surface area (Å²) in [6.07, 6.45) is 11.3. The van der Waals surface area contributed by atoms with Gasteiger partial charge in [-0.3, -0.25) is 23.9 Å². The number of aliphatic hydroxyl groups excluding tert-OH is 1. The number of unbranched alkanes of at least 4 members (excludes halogenated alkanes) is 5. The number of anilines is 1. The first kappa shape index (κ1) is 54.2. The Kier molecular flexibility index (Phi) is 18.4. The molecule has 2 aromatic carbocycles. The van der Waals surface area contributed by atoms with Crippen molar-refractivity contribution in [2.24, 2.45) is 5.41 Å². The Balaban J connectivity index is 0.780. The highest BCUT2D eigenvalue weighted by Crippen LogP contribution is 2.38. The van der Waals surface area contributed by atoms with E-state index in [0.29, 0.717) is 37.2 Å². The number of benzene rings is 2. The van der Waals surface area contributed by atoms with E-state index >= 15 is 0 Å². The van der Waals surface area contributed by atoms with E-state index in [-0.39, 0.29) is 71.5 Å². The number of aryl methyl sites for hydroxylation is 1. The van der Waals surface area contributed by atoms with Gasteiger partial charge in [0.15, 0.2) is 11.6 Å². The highest BCUT2D eigenvalue weighted by molar-refractivity contribution is 7.13. The minimum absolute atomic E-state index is 0.0146. The third-order valence-corrected chi connectivity index (χ3v) is 15.2. The number of halogens is 3. The van der Waals surface area contributed by atoms with Crippen LogP contribution in [0.4, 0.5) is 10.2 Å². The van der Waals surface area contributed by atoms with Crippen LogP contribution in [-0.2, 0) is 25.7 Å². The van der Waals surface area contributed by atoms with Crippen molar-refractivity contribution < 1.29 is 33.4 Å². The lowest BCUT2D eigenvalue weighted by molar-refractivity contribution is -0.144. The smallest absolute Gasteiger partial charge is 0.246 e. The molecule has 3 aromatic heterocycles. The standard InChI is InChI=1S/C53H66Cl2FN9O6S/c1-32-48(72-31-60-32)35-16-14-34(15-17-35)26-59-51(69)42-25-39(66)30-64(42)52(70)49(53(3,4)5)62-44(67)12-10-8-6-7-9-11-13-45(68)63-22-20-38(21-23-63)65-29-37(28-61-65)36-24-43(50(57)58-27-36)71-33(2)46-40(54)18-19-41(56)47(46)55/h14-19,24,27-29,31,33,38-39,42,49,66H,6-13,20-23,25-26,30H2,1-5H3,(H2,57,58)(H,59,69)(H,62,67)/t33?,39-,42+,49?/m1/s1. The highest BCUT2D eigenvalue weighted by atomic mass is 35.5. The Morgan fingerprint density at radius 2 is 1.64 bits per heavy atom. The van der Waals surface area contributed by atoms with Crippen LogP contribution in [0.3, 0.4) is 0 Å². The van der Waals surface area contributed by atoms with Crippen molar-refractivity contribution in [1.29, 1.82) is 0 Å². The molecule has 5 heterocycles. The number of nitrogen functional groups attached to an aromatic ring is 1. The van der Waals surface area contributed by atoms with Crippen molar-refractivity contribution in [3.63, 3.8) is 0 Å². The van der Waals surface area contributed by atoms with Gasteiger partial charge in [0, 0.05) is 79.5 Å². The summed E-state index contributed by atoms with van der Waals surface area (Å²) in [5.41, 5.74) is 12.1. The molecule has 7 rings (SSSR count). The molecule has 2 aliphatic rings. The van der Waals surface area contributed by atoms with Crippen LogP contribution in [-0.4, -0.2) is 96.1 Å². The van der Waals surface area contributed by atoms with Gasteiger partial charge in [0.2, 0.25) is 23.6 Å². The predicted octanol–water partition coefficient (Wildman–Crippen LogP) is 9.64. The van der Waals surface area contributed by atoms with Crippen LogP contribution < -0.4 is 21.1 Å². The van der Waals surface area contributed by atoms with Gasteiger partial charge in [-0.2, -0.15) is 5.10 Å². The number of nitrogens with zero attached hydrogens (tertiary/aromatic N) is 6. The number of hydrogen-bond donors (Lipinski definition) is 4. The second-order valence-corrected chi connectivity index (χ2v) is 21.7. The maximum Gasteiger partial charge on any atom is 0.246 e. The molecule has 0 bridgehead atoms. The van der Waals surface area contributed by atoms with Crippen LogP contribution in [0, 0.1) is 18.2 Å². The van der Waals surface area contributed by atoms with E-state index in [0.717, 1.165) is 77.8 Å². The van der Waals surface area contributed by atoms with Crippen molar-refractivity contribution in [2.45, 2.75) is 142 Å². The number of hydrogen-bond acceptors (Lipinski definition) is 11. The maximum absolute atomic E-state index is 14.2. The molecule has 0 aliphatic carbocycles. The van der Waals surface area contributed by atoms with Gasteiger partial charge in [0.1, 0.15) is 24.0 Å². The molecule has 2 unspecified atom stereocenters. The Hall–Kier alpha value is -5.62. The predicted molar refractivity (Wildman–Crippen MR) is 279 cm³/mol. The van der Waals surface area contributed by atoms with Gasteiger partial charge in [0.05, 0.1) is 39.4 Å². The summed E-state index contributed by atoms with van der Waals surface area (Å²) < 4.78 is 22.2. The number of rotatable bonds is 20. The lowest BCUT2D eigenvalue weighted by Gasteiger charge is -2.35. The summed E-state index contributed by atoms with van der Waals surface area (Å²) in [5, 5.41) is 21.3. The third kappa shape index (κ3) is 13.7. The highest BCUT2D eigenvalue weighted by Gasteiger charge is 2.44. The van der Waals surface area contributed by atoms with E-state index in [9.17, 15) is 28.7 Å². The average Bonchev–Trinajstić information content (AvgIpc) is 4.13. The molecule has 0 saturated carbocycles. The SMILES string of the molecule is Cc1ncsc1-c1ccc(CNC(=O)[C@@H]2C[C@@H](O)CN2C(=O)C(NC(=O)CCCCCCCCC(=O)N2CCC(n3cc(-c4cnc(N)c(OC(C)c5c(Cl)ccc(F)c5Cl)c4)cn3)CC2)C(C)(C)C)cc1. The molecule has 15 nitrogen and oxygen atoms in total. The molecule has 72 heavy (non-hydrogen) atoms. The number of carbonyl (C=O) groups excluding carboxylic acids is 4. The molecular weight excluding hydrogens is 981 g/mol. The normalized spacial score (nSPS) is 17.2. The summed E-state index contributed by atoms with van der Waals surface area (Å²) in [6, 6.07) is 10.7. The maximum atomic E-state index is 14.2. The molecule has 2 saturated heterocycles. The quantitative estimate of drug-likeness (QED) is 0.0430. The van der Waals surface area contributed by atoms with Gasteiger partial charge in [-0.15, -0.1) is 11.3 Å². The van der Waals surface area contributed by atoms with Gasteiger partial charge < -0.3 is 36.0 Å². The molecule has 4 amide bonds. The molecule has 4 atom stereocenters. The number of nitrogens with one attached hydrogen (secondary N) is 2. The minimum Gasteiger partial charge on any atom is -0.482 e. The molecule has 5 aromatic rings. The Labute approximate surface area is 435 Å². The first-order chi connectivity index (χ1) is 34.4. The zero-order valence-electron chi connectivity index (χ0n) is 41.6. The fourth-order valence-corrected chi connectivity index (χ4v) is 10.9. The molecule has 19 heteroatoms. The number of aliphatic hydroxyl groups is 1. The topological polar surface area (TPSA) is 198 Å². The number of carbonyl (C=O) groups is 4. The van der Waals surface area contributed by atoms with E-state index in [2.05, 4.69) is 25.7 Å². The van der Waals surface area contributed by atoms with Crippen molar-refractivity contribution in [2.75, 3.05) is 25.4 Å². The Bertz CT molecular complexity index is 2690. The largest absolute Gasteiger partial charge is 0.482 e. The van der Waals surface area contributed by atoms with Crippen molar-refractivity contribution in [3.05, 3.63) is 99.2 Å². The Morgan fingerprint density at radius 3 is 2.32 bits per heavy atom. The number of pyridine rings is 1. The van der Waals surface area contributed by atoms with Crippen molar-refractivity contribution >= 4 is 64.0 Å². The molecule has 2 aliphatic heterocycles. The number of β-amino-alcohol motifs (C(OH)–C–C–N with tert-alkyl or cyclic N) is 1. The van der Waals surface area contributed by atoms with Crippen LogP contribution in [0.25, 0.3) is 21.6 Å². The van der Waals surface area contributed by atoms with Gasteiger partial charge in [0.25, 0.3) is 0 Å². The summed E-state index contributed by atoms with van der Waals surface area (Å²) in [5.74, 6) is -0.935. The van der Waals surface area contributed by atoms with E-state index in [1.165, 1.54) is 17.0 Å². The average molecular weight is 1050 g/mol. The monoisotopic (exact) mass is 1050 g/mol. The van der Waals surface area contributed by atoms with Crippen LogP contribution in [0.2, 0.25) is 10.0 Å². The number of ether oxygens (including phenoxy) is 1. The number of likely N-dealkylation sites (tertiary alicyclic amines) is 2. The molecule has 5 N–H and O–H groups in total. The van der Waals surface area contributed by atoms with E-state index in [4.69, 9.17) is 33.7 Å². The van der Waals surface area contributed by atoms with E-state index in [1.54, 1.807) is 36.7 Å². The number of nitrogens with two attached hydrogens (primary N) is 1. The zero-order chi connectivity index (χ0) is 51.7. The first-order valence-corrected chi connectivity index (χ1v) is 26.4. The van der Waals surface area contributed by atoms with Gasteiger partial charge >= 0.3 is 0 Å². The van der Waals surface area contributed by atoms with Crippen LogP contribution >= 0.6 is 34.5 Å². The molecule has 386 valence electrons. The number of thiazole rings is 1. The molecular formula is C53H66Cl2FN9O6S. The van der Waals surface area contributed by atoms with Crippen LogP contribution in [0.1, 0.15) is 127 Å². The number of piperidine rings is 1. The molecule has 0 radical (unpaired) electrons. The van der Waals surface area contributed by atoms with Gasteiger partial charge in [-0.1, -0.05) is 93.9 Å². The molecule has 0 spiro atoms. The van der Waals surface area contributed by atoms with E-state index < -0.39 is 35.5 Å². The van der Waals surface area contributed by atoms with Crippen LogP contribution in [0.15, 0.2) is 66.6 Å². The summed E-state index contributed by atoms with van der Waals surface area (Å²) >= 11 is 14.1. The van der Waals surface area contributed by atoms with Gasteiger partial charge in [-0.05, 0) is 74.3 Å². The van der Waals surface area contributed by atoms with Gasteiger partial charge in [-0.25, -0.2) is 14.4 Å². The third-order valence-electron chi connectivity index (χ3n) is 13.6. The molecule has 2 fully saturated rings. The zero-order valence-corrected chi connectivity index (χ0v) is 44.0. The number of amides is 4. The van der Waals surface area contributed by atoms with E-state index in [1.807, 2.05) is 73.2 Å². The fraction of sp³-hybridized carbons (Fsp3) is 0.491. The second kappa shape index (κ2) is 24.4. The fourth-order valence-electron chi connectivity index (χ4n) is 9.38. The lowest BCUT2D eigenvalue weighted by atomic mass is 9.85. The lowest BCUT2D eigenvalue weighted by Crippen LogP contribution is -2.57. The number of aromatic nitrogens is 4. The summed E-state index contributed by atoms with van der Waals surface area (Å²) in [4.78, 5) is 67.0. The minimum atomic E-state index is -0.878. The summed E-state index contributed by atoms with van der Waals surface area (Å²) in [7, 11) is 0. The second-order valence-electron chi connectivity index (χ2n) is 20.0. The summed E-state index contributed by atoms with van der Waals surface area (Å²) in [6.45, 7) is 10.9. The first-order valence-electron chi connectivity index (χ1n) is 24.8. The Morgan fingerprint density at radius 1 is 0.944 bits per heavy atom. The van der Waals surface area contributed by atoms with Crippen molar-refractivity contribution in [1.82, 2.24) is 40.2 Å².